The van der Waals surface area contributed by atoms with Gasteiger partial charge in [0.15, 0.2) is 0 Å². The van der Waals surface area contributed by atoms with Gasteiger partial charge in [0.2, 0.25) is 10.0 Å². The molecule has 9 heteroatoms. The predicted molar refractivity (Wildman–Crippen MR) is 135 cm³/mol. The molecule has 182 valence electrons. The first-order valence-electron chi connectivity index (χ1n) is 11.8. The van der Waals surface area contributed by atoms with Gasteiger partial charge in [0.1, 0.15) is 0 Å². The average molecular weight is 485 g/mol. The Balaban J connectivity index is 1.71. The molecule has 1 amide bonds. The second kappa shape index (κ2) is 10.2. The van der Waals surface area contributed by atoms with Crippen LogP contribution in [0.25, 0.3) is 10.9 Å². The highest BCUT2D eigenvalue weighted by atomic mass is 32.2. The summed E-state index contributed by atoms with van der Waals surface area (Å²) in [6.07, 6.45) is 2.02. The van der Waals surface area contributed by atoms with Gasteiger partial charge >= 0.3 is 0 Å². The average Bonchev–Trinajstić information content (AvgIpc) is 3.27. The lowest BCUT2D eigenvalue weighted by molar-refractivity contribution is 0.102. The Bertz CT molecular complexity index is 1280. The molecule has 1 N–H and O–H groups in total. The molecule has 1 aliphatic heterocycles. The van der Waals surface area contributed by atoms with Crippen molar-refractivity contribution < 1.29 is 17.9 Å². The zero-order valence-electron chi connectivity index (χ0n) is 20.0. The minimum atomic E-state index is -3.70. The van der Waals surface area contributed by atoms with Gasteiger partial charge in [-0.05, 0) is 49.4 Å². The van der Waals surface area contributed by atoms with E-state index >= 15 is 0 Å². The molecule has 1 aromatic heterocycles. The number of aromatic nitrogens is 1. The second-order valence-electron chi connectivity index (χ2n) is 8.20. The maximum Gasteiger partial charge on any atom is 0.257 e. The number of morpholine rings is 1. The van der Waals surface area contributed by atoms with Crippen LogP contribution in [0, 0.1) is 0 Å². The number of carbonyl (C=O) groups excluding carboxylic acids is 1. The highest BCUT2D eigenvalue weighted by Crippen LogP contribution is 2.28. The Kier molecular flexibility index (Phi) is 7.25. The third kappa shape index (κ3) is 4.68. The van der Waals surface area contributed by atoms with E-state index in [1.54, 1.807) is 26.0 Å². The molecular weight excluding hydrogens is 452 g/mol. The minimum absolute atomic E-state index is 0.119. The number of sulfonamides is 1. The van der Waals surface area contributed by atoms with Gasteiger partial charge in [0.05, 0.1) is 23.7 Å². The van der Waals surface area contributed by atoms with E-state index in [2.05, 4.69) is 21.7 Å². The van der Waals surface area contributed by atoms with Crippen LogP contribution < -0.4 is 10.2 Å². The molecule has 0 spiro atoms. The third-order valence-corrected chi connectivity index (χ3v) is 8.32. The van der Waals surface area contributed by atoms with Crippen molar-refractivity contribution in [3.8, 4) is 0 Å². The fourth-order valence-corrected chi connectivity index (χ4v) is 5.89. The maximum absolute atomic E-state index is 13.5. The SMILES string of the molecule is CCN(CC)S(=O)(=O)c1ccc(N2CCOCC2)c(C(=O)Nc2ccc3c(ccn3CC)c2)c1. The van der Waals surface area contributed by atoms with Gasteiger partial charge in [-0.3, -0.25) is 4.79 Å². The molecule has 0 aliphatic carbocycles. The van der Waals surface area contributed by atoms with E-state index in [-0.39, 0.29) is 10.8 Å². The van der Waals surface area contributed by atoms with E-state index in [0.29, 0.717) is 56.3 Å². The largest absolute Gasteiger partial charge is 0.378 e. The van der Waals surface area contributed by atoms with Crippen LogP contribution in [0.3, 0.4) is 0 Å². The number of ether oxygens (including phenoxy) is 1. The number of hydrogen-bond donors (Lipinski definition) is 1. The number of rotatable bonds is 8. The molecule has 0 unspecified atom stereocenters. The van der Waals surface area contributed by atoms with Crippen molar-refractivity contribution in [1.29, 1.82) is 0 Å². The van der Waals surface area contributed by atoms with Crippen molar-refractivity contribution in [3.05, 3.63) is 54.2 Å². The standard InChI is InChI=1S/C25H32N4O4S/c1-4-27-12-11-19-17-20(7-9-23(19)27)26-25(30)22-18-21(34(31,32)29(5-2)6-3)8-10-24(22)28-13-15-33-16-14-28/h7-12,17-18H,4-6,13-16H2,1-3H3,(H,26,30). The molecule has 0 atom stereocenters. The van der Waals surface area contributed by atoms with E-state index in [9.17, 15) is 13.2 Å². The highest BCUT2D eigenvalue weighted by molar-refractivity contribution is 7.89. The summed E-state index contributed by atoms with van der Waals surface area (Å²) >= 11 is 0. The first-order valence-corrected chi connectivity index (χ1v) is 13.2. The van der Waals surface area contributed by atoms with Gasteiger partial charge < -0.3 is 19.5 Å². The van der Waals surface area contributed by atoms with E-state index in [1.165, 1.54) is 10.4 Å². The molecule has 8 nitrogen and oxygen atoms in total. The molecular formula is C25H32N4O4S. The summed E-state index contributed by atoms with van der Waals surface area (Å²) in [4.78, 5) is 15.7. The lowest BCUT2D eigenvalue weighted by Gasteiger charge is -2.30. The highest BCUT2D eigenvalue weighted by Gasteiger charge is 2.26. The van der Waals surface area contributed by atoms with E-state index in [0.717, 1.165) is 17.4 Å². The number of nitrogens with zero attached hydrogens (tertiary/aromatic N) is 3. The summed E-state index contributed by atoms with van der Waals surface area (Å²) in [5, 5.41) is 4.01. The monoisotopic (exact) mass is 484 g/mol. The number of carbonyl (C=O) groups is 1. The summed E-state index contributed by atoms with van der Waals surface area (Å²) < 4.78 is 35.3. The fourth-order valence-electron chi connectivity index (χ4n) is 4.40. The Hall–Kier alpha value is -2.88. The number of amides is 1. The quantitative estimate of drug-likeness (QED) is 0.526. The van der Waals surface area contributed by atoms with Crippen LogP contribution in [0.4, 0.5) is 11.4 Å². The van der Waals surface area contributed by atoms with Crippen molar-refractivity contribution in [3.63, 3.8) is 0 Å². The topological polar surface area (TPSA) is 83.9 Å². The number of hydrogen-bond acceptors (Lipinski definition) is 5. The molecule has 4 rings (SSSR count). The first-order chi connectivity index (χ1) is 16.4. The lowest BCUT2D eigenvalue weighted by Crippen LogP contribution is -2.37. The maximum atomic E-state index is 13.5. The van der Waals surface area contributed by atoms with E-state index in [1.807, 2.05) is 30.5 Å². The van der Waals surface area contributed by atoms with Gasteiger partial charge in [0, 0.05) is 61.2 Å². The van der Waals surface area contributed by atoms with Crippen LogP contribution in [0.1, 0.15) is 31.1 Å². The van der Waals surface area contributed by atoms with Crippen molar-refractivity contribution in [1.82, 2.24) is 8.87 Å². The molecule has 0 bridgehead atoms. The summed E-state index contributed by atoms with van der Waals surface area (Å²) in [5.74, 6) is -0.340. The van der Waals surface area contributed by atoms with Crippen LogP contribution in [0.15, 0.2) is 53.6 Å². The van der Waals surface area contributed by atoms with Crippen molar-refractivity contribution in [2.75, 3.05) is 49.6 Å². The zero-order valence-corrected chi connectivity index (χ0v) is 20.8. The molecule has 0 radical (unpaired) electrons. The van der Waals surface area contributed by atoms with Crippen LogP contribution in [0.2, 0.25) is 0 Å². The lowest BCUT2D eigenvalue weighted by atomic mass is 10.1. The Morgan fingerprint density at radius 2 is 1.76 bits per heavy atom. The van der Waals surface area contributed by atoms with Gasteiger partial charge in [-0.15, -0.1) is 0 Å². The summed E-state index contributed by atoms with van der Waals surface area (Å²) in [5.41, 5.74) is 2.80. The Morgan fingerprint density at radius 3 is 2.44 bits per heavy atom. The first kappa shape index (κ1) is 24.3. The van der Waals surface area contributed by atoms with Gasteiger partial charge in [-0.25, -0.2) is 8.42 Å². The predicted octanol–water partition coefficient (Wildman–Crippen LogP) is 3.78. The Morgan fingerprint density at radius 1 is 1.03 bits per heavy atom. The zero-order chi connectivity index (χ0) is 24.3. The van der Waals surface area contributed by atoms with Crippen molar-refractivity contribution >= 4 is 38.2 Å². The van der Waals surface area contributed by atoms with Crippen LogP contribution in [-0.4, -0.2) is 62.6 Å². The van der Waals surface area contributed by atoms with Gasteiger partial charge in [-0.1, -0.05) is 13.8 Å². The molecule has 2 heterocycles. The molecule has 2 aromatic carbocycles. The smallest absolute Gasteiger partial charge is 0.257 e. The van der Waals surface area contributed by atoms with Gasteiger partial charge in [0.25, 0.3) is 5.91 Å². The number of fused-ring (bicyclic) bond motifs is 1. The van der Waals surface area contributed by atoms with Gasteiger partial charge in [-0.2, -0.15) is 4.31 Å². The number of nitrogens with one attached hydrogen (secondary N) is 1. The molecule has 1 fully saturated rings. The number of aryl methyl sites for hydroxylation is 1. The second-order valence-corrected chi connectivity index (χ2v) is 10.1. The third-order valence-electron chi connectivity index (χ3n) is 6.28. The fraction of sp³-hybridized carbons (Fsp3) is 0.400. The van der Waals surface area contributed by atoms with E-state index in [4.69, 9.17) is 4.74 Å². The summed E-state index contributed by atoms with van der Waals surface area (Å²) in [7, 11) is -3.70. The minimum Gasteiger partial charge on any atom is -0.378 e. The normalized spacial score (nSPS) is 14.6. The molecule has 34 heavy (non-hydrogen) atoms. The number of benzene rings is 2. The Labute approximate surface area is 201 Å². The van der Waals surface area contributed by atoms with Crippen LogP contribution in [0.5, 0.6) is 0 Å². The summed E-state index contributed by atoms with van der Waals surface area (Å²) in [6, 6.07) is 12.6. The molecule has 0 saturated carbocycles. The number of anilines is 2. The van der Waals surface area contributed by atoms with E-state index < -0.39 is 10.0 Å². The van der Waals surface area contributed by atoms with Crippen LogP contribution >= 0.6 is 0 Å². The summed E-state index contributed by atoms with van der Waals surface area (Å²) in [6.45, 7) is 9.69. The van der Waals surface area contributed by atoms with Crippen molar-refractivity contribution in [2.24, 2.45) is 0 Å². The molecule has 1 saturated heterocycles. The van der Waals surface area contributed by atoms with Crippen LogP contribution in [-0.2, 0) is 21.3 Å². The molecule has 1 aliphatic rings. The molecule has 3 aromatic rings. The van der Waals surface area contributed by atoms with Crippen molar-refractivity contribution in [2.45, 2.75) is 32.2 Å².